The summed E-state index contributed by atoms with van der Waals surface area (Å²) in [6.45, 7) is 0.579. The molecule has 0 fully saturated rings. The normalized spacial score (nSPS) is 10.1. The number of pyridine rings is 1. The molecule has 4 heteroatoms. The van der Waals surface area contributed by atoms with Gasteiger partial charge in [-0.05, 0) is 0 Å². The predicted molar refractivity (Wildman–Crippen MR) is 70.9 cm³/mol. The molecule has 1 aromatic heterocycles. The van der Waals surface area contributed by atoms with E-state index >= 15 is 0 Å². The summed E-state index contributed by atoms with van der Waals surface area (Å²) in [6, 6.07) is 12.1. The summed E-state index contributed by atoms with van der Waals surface area (Å²) in [5, 5.41) is 0. The SMILES string of the molecule is [AsH2]c1ncc(Br)cc1OCc1ccccc1. The number of benzene rings is 1. The molecule has 82 valence electrons. The first kappa shape index (κ1) is 11.7. The average Bonchev–Trinajstić information content (AvgIpc) is 2.32. The standard InChI is InChI=1S/C12H11AsBrNO/c13-12-11(6-10(14)7-15-12)16-8-9-4-2-1-3-5-9/h1-7H,8,13H2. The van der Waals surface area contributed by atoms with Crippen LogP contribution in [-0.2, 0) is 6.61 Å². The van der Waals surface area contributed by atoms with E-state index in [-0.39, 0.29) is 0 Å². The van der Waals surface area contributed by atoms with Crippen LogP contribution >= 0.6 is 15.9 Å². The molecule has 0 bridgehead atoms. The Morgan fingerprint density at radius 3 is 2.75 bits per heavy atom. The summed E-state index contributed by atoms with van der Waals surface area (Å²) < 4.78 is 7.63. The van der Waals surface area contributed by atoms with Crippen LogP contribution < -0.4 is 9.22 Å². The van der Waals surface area contributed by atoms with Crippen molar-refractivity contribution in [3.8, 4) is 5.75 Å². The molecule has 0 aliphatic carbocycles. The second-order valence-electron chi connectivity index (χ2n) is 3.31. The Bertz CT molecular complexity index is 476. The van der Waals surface area contributed by atoms with Crippen molar-refractivity contribution >= 4 is 37.3 Å². The van der Waals surface area contributed by atoms with Crippen LogP contribution in [0, 0.1) is 0 Å². The molecule has 0 aliphatic rings. The van der Waals surface area contributed by atoms with Crippen molar-refractivity contribution in [3.63, 3.8) is 0 Å². The van der Waals surface area contributed by atoms with Gasteiger partial charge in [-0.25, -0.2) is 0 Å². The van der Waals surface area contributed by atoms with Crippen LogP contribution in [0.25, 0.3) is 0 Å². The van der Waals surface area contributed by atoms with E-state index in [1.54, 1.807) is 6.20 Å². The van der Waals surface area contributed by atoms with E-state index < -0.39 is 0 Å². The molecule has 0 spiro atoms. The van der Waals surface area contributed by atoms with Gasteiger partial charge in [0.25, 0.3) is 0 Å². The third kappa shape index (κ3) is 3.10. The zero-order chi connectivity index (χ0) is 11.4. The van der Waals surface area contributed by atoms with Crippen LogP contribution in [-0.4, -0.2) is 21.8 Å². The Labute approximate surface area is 112 Å². The number of rotatable bonds is 3. The number of halogens is 1. The molecule has 2 aromatic rings. The summed E-state index contributed by atoms with van der Waals surface area (Å²) in [5.74, 6) is 0.846. The number of hydrogen-bond acceptors (Lipinski definition) is 2. The van der Waals surface area contributed by atoms with Gasteiger partial charge in [0.1, 0.15) is 0 Å². The first-order chi connectivity index (χ1) is 7.75. The summed E-state index contributed by atoms with van der Waals surface area (Å²) >= 11 is 4.85. The quantitative estimate of drug-likeness (QED) is 0.794. The molecule has 0 saturated heterocycles. The maximum atomic E-state index is 5.73. The molecule has 1 heterocycles. The van der Waals surface area contributed by atoms with Gasteiger partial charge in [-0.2, -0.15) is 0 Å². The van der Waals surface area contributed by atoms with Gasteiger partial charge in [-0.1, -0.05) is 0 Å². The van der Waals surface area contributed by atoms with Gasteiger partial charge in [0.2, 0.25) is 0 Å². The van der Waals surface area contributed by atoms with Crippen LogP contribution in [0.1, 0.15) is 5.56 Å². The van der Waals surface area contributed by atoms with E-state index in [0.29, 0.717) is 6.61 Å². The van der Waals surface area contributed by atoms with Gasteiger partial charge in [-0.15, -0.1) is 0 Å². The van der Waals surface area contributed by atoms with Gasteiger partial charge < -0.3 is 0 Å². The van der Waals surface area contributed by atoms with E-state index in [1.807, 2.05) is 36.4 Å². The van der Waals surface area contributed by atoms with Crippen molar-refractivity contribution < 1.29 is 4.74 Å². The van der Waals surface area contributed by atoms with Crippen LogP contribution in [0.3, 0.4) is 0 Å². The topological polar surface area (TPSA) is 22.1 Å². The number of hydrogen-bond donors (Lipinski definition) is 0. The monoisotopic (exact) mass is 339 g/mol. The van der Waals surface area contributed by atoms with Crippen molar-refractivity contribution in [2.45, 2.75) is 6.61 Å². The Morgan fingerprint density at radius 2 is 2.00 bits per heavy atom. The summed E-state index contributed by atoms with van der Waals surface area (Å²) in [4.78, 5) is 4.25. The van der Waals surface area contributed by atoms with Gasteiger partial charge in [0, 0.05) is 0 Å². The Hall–Kier alpha value is -0.792. The fourth-order valence-electron chi connectivity index (χ4n) is 1.28. The number of nitrogens with zero attached hydrogens (tertiary/aromatic N) is 1. The van der Waals surface area contributed by atoms with E-state index in [0.717, 1.165) is 20.3 Å². The molecule has 2 rings (SSSR count). The summed E-state index contributed by atoms with van der Waals surface area (Å²) in [7, 11) is 0. The molecular formula is C12H11AsBrNO. The molecule has 16 heavy (non-hydrogen) atoms. The molecule has 2 nitrogen and oxygen atoms in total. The van der Waals surface area contributed by atoms with Gasteiger partial charge >= 0.3 is 112 Å². The molecule has 0 N–H and O–H groups in total. The summed E-state index contributed by atoms with van der Waals surface area (Å²) in [6.07, 6.45) is 1.78. The first-order valence-corrected chi connectivity index (χ1v) is 6.84. The molecule has 0 amide bonds. The zero-order valence-electron chi connectivity index (χ0n) is 8.56. The van der Waals surface area contributed by atoms with Gasteiger partial charge in [0.15, 0.2) is 0 Å². The van der Waals surface area contributed by atoms with Crippen LogP contribution in [0.15, 0.2) is 47.1 Å². The fraction of sp³-hybridized carbons (Fsp3) is 0.0833. The summed E-state index contributed by atoms with van der Waals surface area (Å²) in [5.41, 5.74) is 1.16. The van der Waals surface area contributed by atoms with E-state index in [9.17, 15) is 0 Å². The van der Waals surface area contributed by atoms with E-state index in [2.05, 4.69) is 20.9 Å². The maximum absolute atomic E-state index is 5.73. The molecule has 1 unspecified atom stereocenters. The Kier molecular flexibility index (Phi) is 4.03. The van der Waals surface area contributed by atoms with Crippen molar-refractivity contribution in [1.82, 2.24) is 4.98 Å². The molecule has 1 atom stereocenters. The predicted octanol–water partition coefficient (Wildman–Crippen LogP) is 1.68. The van der Waals surface area contributed by atoms with Crippen molar-refractivity contribution in [2.24, 2.45) is 0 Å². The molecule has 0 aliphatic heterocycles. The van der Waals surface area contributed by atoms with E-state index in [4.69, 9.17) is 4.74 Å². The van der Waals surface area contributed by atoms with E-state index in [1.165, 1.54) is 16.9 Å². The van der Waals surface area contributed by atoms with Crippen molar-refractivity contribution in [3.05, 3.63) is 52.6 Å². The van der Waals surface area contributed by atoms with Crippen molar-refractivity contribution in [2.75, 3.05) is 0 Å². The molecule has 1 aromatic carbocycles. The molecule has 0 radical (unpaired) electrons. The second kappa shape index (κ2) is 5.51. The minimum absolute atomic E-state index is 0.579. The average molecular weight is 340 g/mol. The molecular weight excluding hydrogens is 329 g/mol. The minimum atomic E-state index is 0.579. The number of ether oxygens (including phenoxy) is 1. The van der Waals surface area contributed by atoms with Crippen LogP contribution in [0.4, 0.5) is 0 Å². The van der Waals surface area contributed by atoms with Gasteiger partial charge in [0.05, 0.1) is 0 Å². The Morgan fingerprint density at radius 1 is 1.25 bits per heavy atom. The van der Waals surface area contributed by atoms with Crippen molar-refractivity contribution in [1.29, 1.82) is 0 Å². The number of aromatic nitrogens is 1. The third-order valence-electron chi connectivity index (χ3n) is 2.09. The van der Waals surface area contributed by atoms with Gasteiger partial charge in [-0.3, -0.25) is 0 Å². The van der Waals surface area contributed by atoms with Crippen LogP contribution in [0.5, 0.6) is 5.75 Å². The molecule has 0 saturated carbocycles. The Balaban J connectivity index is 2.08. The first-order valence-electron chi connectivity index (χ1n) is 4.83. The fourth-order valence-corrected chi connectivity index (χ4v) is 2.10. The zero-order valence-corrected chi connectivity index (χ0v) is 12.6. The van der Waals surface area contributed by atoms with Crippen LogP contribution in [0.2, 0.25) is 0 Å². The second-order valence-corrected chi connectivity index (χ2v) is 5.37. The third-order valence-corrected chi connectivity index (χ3v) is 3.43.